The van der Waals surface area contributed by atoms with Crippen LogP contribution in [0.3, 0.4) is 0 Å². The fourth-order valence-corrected chi connectivity index (χ4v) is 5.13. The molecule has 3 rings (SSSR count). The lowest BCUT2D eigenvalue weighted by Gasteiger charge is -2.13. The van der Waals surface area contributed by atoms with Crippen molar-refractivity contribution in [2.75, 3.05) is 26.1 Å². The van der Waals surface area contributed by atoms with Gasteiger partial charge in [-0.1, -0.05) is 11.6 Å². The van der Waals surface area contributed by atoms with E-state index >= 15 is 0 Å². The van der Waals surface area contributed by atoms with Crippen LogP contribution >= 0.6 is 22.9 Å². The lowest BCUT2D eigenvalue weighted by Crippen LogP contribution is -2.33. The predicted molar refractivity (Wildman–Crippen MR) is 127 cm³/mol. The summed E-state index contributed by atoms with van der Waals surface area (Å²) < 4.78 is 37.8. The molecule has 0 atom stereocenters. The minimum atomic E-state index is -3.93. The van der Waals surface area contributed by atoms with E-state index in [1.807, 2.05) is 19.1 Å². The Balaban J connectivity index is 1.69. The highest BCUT2D eigenvalue weighted by atomic mass is 35.5. The Hall–Kier alpha value is -2.59. The van der Waals surface area contributed by atoms with Gasteiger partial charge in [-0.3, -0.25) is 4.79 Å². The Morgan fingerprint density at radius 3 is 2.44 bits per heavy atom. The minimum Gasteiger partial charge on any atom is -0.493 e. The Morgan fingerprint density at radius 1 is 1.03 bits per heavy atom. The van der Waals surface area contributed by atoms with Crippen molar-refractivity contribution in [1.29, 1.82) is 0 Å². The number of carbonyl (C=O) groups is 1. The largest absolute Gasteiger partial charge is 0.493 e. The van der Waals surface area contributed by atoms with E-state index in [0.717, 1.165) is 10.4 Å². The number of amides is 1. The molecule has 0 aliphatic rings. The Labute approximate surface area is 196 Å². The fraction of sp³-hybridized carbons (Fsp3) is 0.227. The van der Waals surface area contributed by atoms with Crippen molar-refractivity contribution in [3.8, 4) is 11.5 Å². The zero-order valence-corrected chi connectivity index (χ0v) is 20.2. The number of sulfonamides is 1. The van der Waals surface area contributed by atoms with E-state index in [9.17, 15) is 13.2 Å². The molecule has 0 spiro atoms. The molecule has 7 nitrogen and oxygen atoms in total. The second-order valence-corrected chi connectivity index (χ2v) is 10.5. The lowest BCUT2D eigenvalue weighted by atomic mass is 10.1. The van der Waals surface area contributed by atoms with E-state index in [2.05, 4.69) is 10.0 Å². The topological polar surface area (TPSA) is 93.7 Å². The molecular weight excluding hydrogens is 472 g/mol. The van der Waals surface area contributed by atoms with E-state index < -0.39 is 22.5 Å². The number of rotatable bonds is 9. The molecule has 32 heavy (non-hydrogen) atoms. The summed E-state index contributed by atoms with van der Waals surface area (Å²) in [6.45, 7) is 1.59. The monoisotopic (exact) mass is 494 g/mol. The molecule has 1 heterocycles. The van der Waals surface area contributed by atoms with Crippen molar-refractivity contribution in [2.45, 2.75) is 18.2 Å². The number of thiophene rings is 1. The van der Waals surface area contributed by atoms with Crippen LogP contribution in [-0.2, 0) is 21.2 Å². The molecule has 170 valence electrons. The SMILES string of the molecule is COc1ccc(S(=O)(=O)NCC(=O)Nc2ccc(Cl)cc2Cc2ccc(C)s2)cc1OC. The van der Waals surface area contributed by atoms with Gasteiger partial charge in [0, 0.05) is 33.0 Å². The molecule has 2 aromatic carbocycles. The van der Waals surface area contributed by atoms with Gasteiger partial charge in [0.25, 0.3) is 0 Å². The van der Waals surface area contributed by atoms with Crippen molar-refractivity contribution in [3.63, 3.8) is 0 Å². The molecule has 0 saturated heterocycles. The maximum atomic E-state index is 12.6. The highest BCUT2D eigenvalue weighted by Crippen LogP contribution is 2.29. The van der Waals surface area contributed by atoms with Crippen molar-refractivity contribution < 1.29 is 22.7 Å². The Morgan fingerprint density at radius 2 is 1.78 bits per heavy atom. The van der Waals surface area contributed by atoms with Crippen LogP contribution in [0.1, 0.15) is 15.3 Å². The highest BCUT2D eigenvalue weighted by molar-refractivity contribution is 7.89. The zero-order chi connectivity index (χ0) is 23.3. The first kappa shape index (κ1) is 24.1. The number of halogens is 1. The summed E-state index contributed by atoms with van der Waals surface area (Å²) in [6, 6.07) is 13.4. The normalized spacial score (nSPS) is 11.2. The van der Waals surface area contributed by atoms with Crippen LogP contribution in [0, 0.1) is 6.92 Å². The molecule has 10 heteroatoms. The third-order valence-electron chi connectivity index (χ3n) is 4.59. The van der Waals surface area contributed by atoms with Gasteiger partial charge in [-0.2, -0.15) is 0 Å². The first-order valence-corrected chi connectivity index (χ1v) is 12.2. The molecule has 0 saturated carbocycles. The van der Waals surface area contributed by atoms with Crippen LogP contribution in [0.15, 0.2) is 53.4 Å². The Bertz CT molecular complexity index is 1220. The van der Waals surface area contributed by atoms with Crippen molar-refractivity contribution in [3.05, 3.63) is 68.9 Å². The smallest absolute Gasteiger partial charge is 0.241 e. The molecular formula is C22H23ClN2O5S2. The van der Waals surface area contributed by atoms with Crippen LogP contribution < -0.4 is 19.5 Å². The van der Waals surface area contributed by atoms with Gasteiger partial charge < -0.3 is 14.8 Å². The van der Waals surface area contributed by atoms with E-state index in [4.69, 9.17) is 21.1 Å². The van der Waals surface area contributed by atoms with Gasteiger partial charge >= 0.3 is 0 Å². The van der Waals surface area contributed by atoms with Gasteiger partial charge in [-0.15, -0.1) is 11.3 Å². The predicted octanol–water partition coefficient (Wildman–Crippen LogP) is 4.23. The zero-order valence-electron chi connectivity index (χ0n) is 17.8. The summed E-state index contributed by atoms with van der Waals surface area (Å²) in [7, 11) is -1.06. The molecule has 3 aromatic rings. The van der Waals surface area contributed by atoms with Gasteiger partial charge in [0.15, 0.2) is 11.5 Å². The van der Waals surface area contributed by atoms with Crippen LogP contribution in [-0.4, -0.2) is 35.1 Å². The van der Waals surface area contributed by atoms with E-state index in [1.165, 1.54) is 37.3 Å². The summed E-state index contributed by atoms with van der Waals surface area (Å²) in [5.74, 6) is 0.176. The van der Waals surface area contributed by atoms with Crippen molar-refractivity contribution in [2.24, 2.45) is 0 Å². The average molecular weight is 495 g/mol. The molecule has 2 N–H and O–H groups in total. The third kappa shape index (κ3) is 6.01. The van der Waals surface area contributed by atoms with Crippen LogP contribution in [0.25, 0.3) is 0 Å². The van der Waals surface area contributed by atoms with Crippen LogP contribution in [0.4, 0.5) is 5.69 Å². The second kappa shape index (κ2) is 10.4. The minimum absolute atomic E-state index is 0.0387. The standard InChI is InChI=1S/C22H23ClN2O5S2/c1-14-4-6-17(31-14)11-15-10-16(23)5-8-19(15)25-22(26)13-24-32(27,28)18-7-9-20(29-2)21(12-18)30-3/h4-10,12,24H,11,13H2,1-3H3,(H,25,26). The quantitative estimate of drug-likeness (QED) is 0.464. The average Bonchev–Trinajstić information content (AvgIpc) is 3.18. The summed E-state index contributed by atoms with van der Waals surface area (Å²) in [4.78, 5) is 14.8. The third-order valence-corrected chi connectivity index (χ3v) is 7.22. The first-order valence-electron chi connectivity index (χ1n) is 9.57. The summed E-state index contributed by atoms with van der Waals surface area (Å²) >= 11 is 7.81. The van der Waals surface area contributed by atoms with Gasteiger partial charge in [0.2, 0.25) is 15.9 Å². The summed E-state index contributed by atoms with van der Waals surface area (Å²) in [5, 5.41) is 3.32. The number of carbonyl (C=O) groups excluding carboxylic acids is 1. The second-order valence-electron chi connectivity index (χ2n) is 6.88. The van der Waals surface area contributed by atoms with Crippen LogP contribution in [0.2, 0.25) is 5.02 Å². The highest BCUT2D eigenvalue weighted by Gasteiger charge is 2.19. The fourth-order valence-electron chi connectivity index (χ4n) is 3.02. The molecule has 0 bridgehead atoms. The maximum Gasteiger partial charge on any atom is 0.241 e. The van der Waals surface area contributed by atoms with Gasteiger partial charge in [-0.25, -0.2) is 13.1 Å². The summed E-state index contributed by atoms with van der Waals surface area (Å²) in [6.07, 6.45) is 0.603. The number of aryl methyl sites for hydroxylation is 1. The van der Waals surface area contributed by atoms with Crippen LogP contribution in [0.5, 0.6) is 11.5 Å². The number of hydrogen-bond donors (Lipinski definition) is 2. The van der Waals surface area contributed by atoms with E-state index in [1.54, 1.807) is 29.5 Å². The van der Waals surface area contributed by atoms with Gasteiger partial charge in [0.05, 0.1) is 25.7 Å². The molecule has 1 amide bonds. The van der Waals surface area contributed by atoms with Gasteiger partial charge in [0.1, 0.15) is 0 Å². The Kier molecular flexibility index (Phi) is 7.78. The van der Waals surface area contributed by atoms with E-state index in [-0.39, 0.29) is 10.6 Å². The number of methoxy groups -OCH3 is 2. The summed E-state index contributed by atoms with van der Waals surface area (Å²) in [5.41, 5.74) is 1.42. The number of ether oxygens (including phenoxy) is 2. The molecule has 1 aromatic heterocycles. The maximum absolute atomic E-state index is 12.6. The molecule has 0 fully saturated rings. The number of benzene rings is 2. The molecule has 0 aliphatic heterocycles. The first-order chi connectivity index (χ1) is 15.2. The number of hydrogen-bond acceptors (Lipinski definition) is 6. The van der Waals surface area contributed by atoms with Gasteiger partial charge in [-0.05, 0) is 55.0 Å². The molecule has 0 aliphatic carbocycles. The number of anilines is 1. The van der Waals surface area contributed by atoms with Crippen molar-refractivity contribution in [1.82, 2.24) is 4.72 Å². The lowest BCUT2D eigenvalue weighted by molar-refractivity contribution is -0.115. The molecule has 0 unspecified atom stereocenters. The van der Waals surface area contributed by atoms with Crippen molar-refractivity contribution >= 4 is 44.6 Å². The molecule has 0 radical (unpaired) electrons. The van der Waals surface area contributed by atoms with E-state index in [0.29, 0.717) is 22.9 Å². The number of nitrogens with one attached hydrogen (secondary N) is 2.